The Labute approximate surface area is 188 Å². The Morgan fingerprint density at radius 2 is 1.39 bits per heavy atom. The molecule has 0 radical (unpaired) electrons. The SMILES string of the molecule is CCCCCCc1cc(Br)sc1-c1ccc(-c2ccc(-c3ccccc3)s2)s1. The minimum atomic E-state index is 1.18. The molecule has 0 atom stereocenters. The summed E-state index contributed by atoms with van der Waals surface area (Å²) in [5.74, 6) is 0. The summed E-state index contributed by atoms with van der Waals surface area (Å²) in [4.78, 5) is 6.89. The van der Waals surface area contributed by atoms with Gasteiger partial charge in [0.15, 0.2) is 0 Å². The average molecular weight is 488 g/mol. The van der Waals surface area contributed by atoms with Gasteiger partial charge < -0.3 is 0 Å². The minimum Gasteiger partial charge on any atom is -0.134 e. The molecule has 3 heterocycles. The Balaban J connectivity index is 1.55. The van der Waals surface area contributed by atoms with Crippen LogP contribution in [0.1, 0.15) is 38.2 Å². The standard InChI is InChI=1S/C24H23BrS3/c1-2-3-4-6-11-18-16-23(25)28-24(18)22-15-14-21(27-22)20-13-12-19(26-20)17-9-7-5-8-10-17/h5,7-10,12-16H,2-4,6,11H2,1H3. The topological polar surface area (TPSA) is 0 Å². The molecule has 0 amide bonds. The highest BCUT2D eigenvalue weighted by Crippen LogP contribution is 2.44. The van der Waals surface area contributed by atoms with E-state index < -0.39 is 0 Å². The molecule has 0 unspecified atom stereocenters. The number of unbranched alkanes of at least 4 members (excludes halogenated alkanes) is 3. The second kappa shape index (κ2) is 9.53. The van der Waals surface area contributed by atoms with Crippen LogP contribution in [0.5, 0.6) is 0 Å². The molecule has 0 spiro atoms. The second-order valence-corrected chi connectivity index (χ2v) is 11.5. The predicted molar refractivity (Wildman–Crippen MR) is 132 cm³/mol. The maximum Gasteiger partial charge on any atom is 0.0708 e. The molecule has 0 bridgehead atoms. The molecule has 0 aliphatic heterocycles. The van der Waals surface area contributed by atoms with E-state index in [2.05, 4.69) is 83.5 Å². The van der Waals surface area contributed by atoms with Crippen LogP contribution in [0.3, 0.4) is 0 Å². The lowest BCUT2D eigenvalue weighted by Gasteiger charge is -2.02. The zero-order valence-electron chi connectivity index (χ0n) is 15.9. The van der Waals surface area contributed by atoms with Gasteiger partial charge in [-0.1, -0.05) is 56.5 Å². The molecule has 144 valence electrons. The molecule has 0 saturated heterocycles. The summed E-state index contributed by atoms with van der Waals surface area (Å²) in [5, 5.41) is 0. The zero-order chi connectivity index (χ0) is 19.3. The maximum atomic E-state index is 3.71. The first-order valence-corrected chi connectivity index (χ1v) is 13.0. The molecule has 1 aromatic carbocycles. The number of hydrogen-bond donors (Lipinski definition) is 0. The third-order valence-corrected chi connectivity index (χ3v) is 9.09. The molecule has 28 heavy (non-hydrogen) atoms. The van der Waals surface area contributed by atoms with Crippen molar-refractivity contribution in [2.45, 2.75) is 39.0 Å². The van der Waals surface area contributed by atoms with Crippen LogP contribution in [0.25, 0.3) is 29.9 Å². The van der Waals surface area contributed by atoms with Crippen molar-refractivity contribution in [1.82, 2.24) is 0 Å². The summed E-state index contributed by atoms with van der Waals surface area (Å²) in [6, 6.07) is 22.1. The zero-order valence-corrected chi connectivity index (χ0v) is 19.9. The van der Waals surface area contributed by atoms with Crippen LogP contribution in [0.15, 0.2) is 64.5 Å². The van der Waals surface area contributed by atoms with Crippen molar-refractivity contribution >= 4 is 49.9 Å². The summed E-state index contributed by atoms with van der Waals surface area (Å²) < 4.78 is 1.24. The van der Waals surface area contributed by atoms with Gasteiger partial charge in [-0.15, -0.1) is 34.0 Å². The van der Waals surface area contributed by atoms with Crippen LogP contribution in [-0.2, 0) is 6.42 Å². The largest absolute Gasteiger partial charge is 0.134 e. The summed E-state index contributed by atoms with van der Waals surface area (Å²) in [6.07, 6.45) is 6.43. The molecule has 0 fully saturated rings. The van der Waals surface area contributed by atoms with Crippen molar-refractivity contribution in [2.24, 2.45) is 0 Å². The Kier molecular flexibility index (Phi) is 6.84. The second-order valence-electron chi connectivity index (χ2n) is 6.91. The molecule has 3 aromatic heterocycles. The van der Waals surface area contributed by atoms with Gasteiger partial charge in [0.1, 0.15) is 0 Å². The first-order valence-electron chi connectivity index (χ1n) is 9.78. The number of benzene rings is 1. The molecular weight excluding hydrogens is 464 g/mol. The van der Waals surface area contributed by atoms with Gasteiger partial charge in [0.25, 0.3) is 0 Å². The van der Waals surface area contributed by atoms with E-state index in [0.29, 0.717) is 0 Å². The number of aryl methyl sites for hydroxylation is 1. The van der Waals surface area contributed by atoms with Crippen LogP contribution in [0, 0.1) is 0 Å². The lowest BCUT2D eigenvalue weighted by molar-refractivity contribution is 0.668. The van der Waals surface area contributed by atoms with Crippen LogP contribution >= 0.6 is 49.9 Å². The summed E-state index contributed by atoms with van der Waals surface area (Å²) in [7, 11) is 0. The Morgan fingerprint density at radius 3 is 2.14 bits per heavy atom. The predicted octanol–water partition coefficient (Wildman–Crippen LogP) is 9.76. The smallest absolute Gasteiger partial charge is 0.0708 e. The molecular formula is C24H23BrS3. The van der Waals surface area contributed by atoms with E-state index in [1.165, 1.54) is 71.4 Å². The van der Waals surface area contributed by atoms with Gasteiger partial charge in [-0.05, 0) is 70.2 Å². The van der Waals surface area contributed by atoms with Gasteiger partial charge in [0.2, 0.25) is 0 Å². The summed E-state index contributed by atoms with van der Waals surface area (Å²) in [6.45, 7) is 2.27. The molecule has 4 heteroatoms. The molecule has 0 nitrogen and oxygen atoms in total. The van der Waals surface area contributed by atoms with Crippen LogP contribution in [0.4, 0.5) is 0 Å². The van der Waals surface area contributed by atoms with Crippen molar-refractivity contribution in [3.8, 4) is 29.9 Å². The molecule has 0 aliphatic rings. The Hall–Kier alpha value is -1.20. The van der Waals surface area contributed by atoms with E-state index >= 15 is 0 Å². The van der Waals surface area contributed by atoms with Crippen molar-refractivity contribution in [3.63, 3.8) is 0 Å². The maximum absolute atomic E-state index is 3.71. The van der Waals surface area contributed by atoms with E-state index in [9.17, 15) is 0 Å². The van der Waals surface area contributed by atoms with E-state index in [-0.39, 0.29) is 0 Å². The van der Waals surface area contributed by atoms with Gasteiger partial charge >= 0.3 is 0 Å². The van der Waals surface area contributed by atoms with Gasteiger partial charge in [-0.3, -0.25) is 0 Å². The summed E-state index contributed by atoms with van der Waals surface area (Å²) >= 11 is 9.38. The van der Waals surface area contributed by atoms with Gasteiger partial charge in [-0.25, -0.2) is 0 Å². The van der Waals surface area contributed by atoms with E-state index in [1.54, 1.807) is 0 Å². The molecule has 0 saturated carbocycles. The number of rotatable bonds is 8. The van der Waals surface area contributed by atoms with Crippen molar-refractivity contribution in [3.05, 3.63) is 70.0 Å². The molecule has 4 aromatic rings. The first-order chi connectivity index (χ1) is 13.7. The monoisotopic (exact) mass is 486 g/mol. The lowest BCUT2D eigenvalue weighted by atomic mass is 10.1. The van der Waals surface area contributed by atoms with Crippen molar-refractivity contribution < 1.29 is 0 Å². The fourth-order valence-corrected chi connectivity index (χ4v) is 7.30. The third-order valence-electron chi connectivity index (χ3n) is 4.82. The van der Waals surface area contributed by atoms with Gasteiger partial charge in [0.05, 0.1) is 3.79 Å². The van der Waals surface area contributed by atoms with Crippen LogP contribution < -0.4 is 0 Å². The quantitative estimate of drug-likeness (QED) is 0.217. The minimum absolute atomic E-state index is 1.18. The summed E-state index contributed by atoms with van der Waals surface area (Å²) in [5.41, 5.74) is 2.80. The number of halogens is 1. The Bertz CT molecular complexity index is 1020. The van der Waals surface area contributed by atoms with Crippen LogP contribution in [-0.4, -0.2) is 0 Å². The average Bonchev–Trinajstić information content (AvgIpc) is 3.45. The molecule has 0 aliphatic carbocycles. The number of thiophene rings is 3. The fraction of sp³-hybridized carbons (Fsp3) is 0.250. The van der Waals surface area contributed by atoms with Crippen LogP contribution in [0.2, 0.25) is 0 Å². The number of hydrogen-bond acceptors (Lipinski definition) is 3. The highest BCUT2D eigenvalue weighted by atomic mass is 79.9. The van der Waals surface area contributed by atoms with Crippen molar-refractivity contribution in [1.29, 1.82) is 0 Å². The Morgan fingerprint density at radius 1 is 0.714 bits per heavy atom. The van der Waals surface area contributed by atoms with Gasteiger partial charge in [-0.2, -0.15) is 0 Å². The van der Waals surface area contributed by atoms with Crippen molar-refractivity contribution in [2.75, 3.05) is 0 Å². The van der Waals surface area contributed by atoms with Gasteiger partial charge in [0, 0.05) is 24.4 Å². The van der Waals surface area contributed by atoms with E-state index in [1.807, 2.05) is 34.0 Å². The van der Waals surface area contributed by atoms with E-state index in [4.69, 9.17) is 0 Å². The first kappa shape index (κ1) is 20.1. The highest BCUT2D eigenvalue weighted by molar-refractivity contribution is 9.11. The van der Waals surface area contributed by atoms with E-state index in [0.717, 1.165) is 0 Å². The fourth-order valence-electron chi connectivity index (χ4n) is 3.35. The highest BCUT2D eigenvalue weighted by Gasteiger charge is 2.14. The normalized spacial score (nSPS) is 11.2. The molecule has 4 rings (SSSR count). The third kappa shape index (κ3) is 4.68. The molecule has 0 N–H and O–H groups in total. The lowest BCUT2D eigenvalue weighted by Crippen LogP contribution is -1.85.